The molecule has 0 bridgehead atoms. The molecule has 0 radical (unpaired) electrons. The monoisotopic (exact) mass is 299 g/mol. The summed E-state index contributed by atoms with van der Waals surface area (Å²) in [6, 6.07) is 10.9. The molecule has 3 aromatic rings. The first-order valence-electron chi connectivity index (χ1n) is 6.67. The van der Waals surface area contributed by atoms with Crippen molar-refractivity contribution in [3.63, 3.8) is 0 Å². The Morgan fingerprint density at radius 2 is 2.05 bits per heavy atom. The lowest BCUT2D eigenvalue weighted by Crippen LogP contribution is -2.33. The number of furan rings is 1. The van der Waals surface area contributed by atoms with Gasteiger partial charge in [0.15, 0.2) is 0 Å². The van der Waals surface area contributed by atoms with E-state index in [2.05, 4.69) is 5.32 Å². The zero-order valence-corrected chi connectivity index (χ0v) is 11.5. The highest BCUT2D eigenvalue weighted by Crippen LogP contribution is 2.15. The highest BCUT2D eigenvalue weighted by Gasteiger charge is 2.20. The van der Waals surface area contributed by atoms with Gasteiger partial charge in [-0.2, -0.15) is 0 Å². The number of amides is 1. The molecule has 2 heterocycles. The van der Waals surface area contributed by atoms with E-state index in [1.54, 1.807) is 36.4 Å². The van der Waals surface area contributed by atoms with Gasteiger partial charge in [-0.15, -0.1) is 0 Å². The minimum Gasteiger partial charge on any atom is -0.467 e. The van der Waals surface area contributed by atoms with Crippen molar-refractivity contribution in [2.75, 3.05) is 6.61 Å². The van der Waals surface area contributed by atoms with Crippen LogP contribution in [0, 0.1) is 0 Å². The molecule has 0 saturated carbocycles. The minimum atomic E-state index is -0.729. The van der Waals surface area contributed by atoms with E-state index in [9.17, 15) is 14.7 Å². The van der Waals surface area contributed by atoms with Gasteiger partial charge in [-0.05, 0) is 24.3 Å². The highest BCUT2D eigenvalue weighted by atomic mass is 16.4. The van der Waals surface area contributed by atoms with Gasteiger partial charge in [-0.1, -0.05) is 18.2 Å². The third-order valence-electron chi connectivity index (χ3n) is 3.26. The van der Waals surface area contributed by atoms with Crippen LogP contribution in [-0.4, -0.2) is 17.6 Å². The summed E-state index contributed by atoms with van der Waals surface area (Å²) in [6.45, 7) is -0.349. The number of hydrogen-bond acceptors (Lipinski definition) is 5. The Morgan fingerprint density at radius 3 is 2.77 bits per heavy atom. The minimum absolute atomic E-state index is 0.122. The Balaban J connectivity index is 1.91. The fourth-order valence-corrected chi connectivity index (χ4v) is 2.15. The molecule has 6 nitrogen and oxygen atoms in total. The Morgan fingerprint density at radius 1 is 1.23 bits per heavy atom. The zero-order valence-electron chi connectivity index (χ0n) is 11.5. The molecule has 6 heteroatoms. The van der Waals surface area contributed by atoms with E-state index in [1.165, 1.54) is 12.3 Å². The molecule has 0 fully saturated rings. The molecule has 22 heavy (non-hydrogen) atoms. The topological polar surface area (TPSA) is 92.7 Å². The normalized spacial score (nSPS) is 12.2. The summed E-state index contributed by atoms with van der Waals surface area (Å²) in [5, 5.41) is 12.6. The fourth-order valence-electron chi connectivity index (χ4n) is 2.15. The molecule has 0 aliphatic rings. The number of para-hydroxylation sites is 1. The van der Waals surface area contributed by atoms with Gasteiger partial charge in [0.05, 0.1) is 12.9 Å². The van der Waals surface area contributed by atoms with Gasteiger partial charge in [0.2, 0.25) is 0 Å². The van der Waals surface area contributed by atoms with Crippen molar-refractivity contribution >= 4 is 16.9 Å². The Labute approximate surface area is 125 Å². The number of aliphatic hydroxyl groups excluding tert-OH is 1. The molecule has 1 atom stereocenters. The Hall–Kier alpha value is -2.86. The van der Waals surface area contributed by atoms with Gasteiger partial charge >= 0.3 is 5.63 Å². The van der Waals surface area contributed by atoms with Crippen LogP contribution in [0.25, 0.3) is 11.0 Å². The smallest absolute Gasteiger partial charge is 0.349 e. The summed E-state index contributed by atoms with van der Waals surface area (Å²) >= 11 is 0. The fraction of sp³-hybridized carbons (Fsp3) is 0.125. The van der Waals surface area contributed by atoms with Gasteiger partial charge < -0.3 is 19.3 Å². The van der Waals surface area contributed by atoms with Crippen molar-refractivity contribution in [2.24, 2.45) is 0 Å². The molecule has 1 aromatic carbocycles. The van der Waals surface area contributed by atoms with Gasteiger partial charge in [0.1, 0.15) is 22.9 Å². The number of aliphatic hydroxyl groups is 1. The third-order valence-corrected chi connectivity index (χ3v) is 3.26. The quantitative estimate of drug-likeness (QED) is 0.717. The van der Waals surface area contributed by atoms with Crippen LogP contribution in [0.5, 0.6) is 0 Å². The first-order valence-corrected chi connectivity index (χ1v) is 6.67. The molecule has 1 amide bonds. The molecule has 0 aliphatic carbocycles. The van der Waals surface area contributed by atoms with Crippen LogP contribution in [0.1, 0.15) is 22.2 Å². The van der Waals surface area contributed by atoms with E-state index in [1.807, 2.05) is 0 Å². The van der Waals surface area contributed by atoms with Crippen LogP contribution >= 0.6 is 0 Å². The van der Waals surface area contributed by atoms with Crippen LogP contribution in [0.15, 0.2) is 62.4 Å². The summed E-state index contributed by atoms with van der Waals surface area (Å²) in [5.41, 5.74) is -0.440. The average molecular weight is 299 g/mol. The number of carbonyl (C=O) groups excluding carboxylic acids is 1. The van der Waals surface area contributed by atoms with Crippen molar-refractivity contribution in [3.05, 3.63) is 70.5 Å². The number of nitrogens with one attached hydrogen (secondary N) is 1. The van der Waals surface area contributed by atoms with Crippen LogP contribution < -0.4 is 10.9 Å². The lowest BCUT2D eigenvalue weighted by Gasteiger charge is -2.13. The van der Waals surface area contributed by atoms with Crippen LogP contribution in [0.4, 0.5) is 0 Å². The van der Waals surface area contributed by atoms with E-state index < -0.39 is 17.6 Å². The number of carbonyl (C=O) groups is 1. The standard InChI is InChI=1S/C16H13NO5/c18-9-12(14-6-3-7-21-14)17-15(19)11-8-10-4-1-2-5-13(10)22-16(11)20/h1-8,12,18H,9H2,(H,17,19). The van der Waals surface area contributed by atoms with E-state index in [4.69, 9.17) is 8.83 Å². The second-order valence-electron chi connectivity index (χ2n) is 4.71. The Kier molecular flexibility index (Phi) is 3.76. The van der Waals surface area contributed by atoms with Gasteiger partial charge in [0.25, 0.3) is 5.91 Å². The second kappa shape index (κ2) is 5.87. The number of benzene rings is 1. The SMILES string of the molecule is O=C(NC(CO)c1ccco1)c1cc2ccccc2oc1=O. The van der Waals surface area contributed by atoms with Crippen LogP contribution in [0.2, 0.25) is 0 Å². The highest BCUT2D eigenvalue weighted by molar-refractivity contribution is 5.96. The van der Waals surface area contributed by atoms with Crippen molar-refractivity contribution in [1.29, 1.82) is 0 Å². The lowest BCUT2D eigenvalue weighted by molar-refractivity contribution is 0.0903. The molecular weight excluding hydrogens is 286 g/mol. The Bertz CT molecular complexity index is 850. The molecule has 112 valence electrons. The summed E-state index contributed by atoms with van der Waals surface area (Å²) in [4.78, 5) is 24.2. The number of fused-ring (bicyclic) bond motifs is 1. The molecule has 0 aliphatic heterocycles. The lowest BCUT2D eigenvalue weighted by atomic mass is 10.1. The molecule has 0 saturated heterocycles. The van der Waals surface area contributed by atoms with E-state index in [0.29, 0.717) is 16.7 Å². The molecule has 1 unspecified atom stereocenters. The van der Waals surface area contributed by atoms with E-state index in [0.717, 1.165) is 0 Å². The summed E-state index contributed by atoms with van der Waals surface area (Å²) in [5.74, 6) is -0.226. The van der Waals surface area contributed by atoms with E-state index >= 15 is 0 Å². The predicted molar refractivity (Wildman–Crippen MR) is 78.5 cm³/mol. The largest absolute Gasteiger partial charge is 0.467 e. The predicted octanol–water partition coefficient (Wildman–Crippen LogP) is 1.85. The number of rotatable bonds is 4. The van der Waals surface area contributed by atoms with Crippen molar-refractivity contribution in [3.8, 4) is 0 Å². The van der Waals surface area contributed by atoms with E-state index in [-0.39, 0.29) is 12.2 Å². The van der Waals surface area contributed by atoms with Crippen molar-refractivity contribution in [2.45, 2.75) is 6.04 Å². The number of hydrogen-bond donors (Lipinski definition) is 2. The van der Waals surface area contributed by atoms with Crippen LogP contribution in [0.3, 0.4) is 0 Å². The summed E-state index contributed by atoms with van der Waals surface area (Å²) in [7, 11) is 0. The maximum Gasteiger partial charge on any atom is 0.349 e. The first-order chi connectivity index (χ1) is 10.7. The maximum absolute atomic E-state index is 12.2. The molecule has 0 spiro atoms. The molecule has 2 N–H and O–H groups in total. The first kappa shape index (κ1) is 14.1. The van der Waals surface area contributed by atoms with Crippen molar-refractivity contribution in [1.82, 2.24) is 5.32 Å². The summed E-state index contributed by atoms with van der Waals surface area (Å²) < 4.78 is 10.3. The maximum atomic E-state index is 12.2. The third kappa shape index (κ3) is 2.64. The molecule has 3 rings (SSSR count). The van der Waals surface area contributed by atoms with Gasteiger partial charge in [0, 0.05) is 5.39 Å². The second-order valence-corrected chi connectivity index (χ2v) is 4.71. The van der Waals surface area contributed by atoms with Gasteiger partial charge in [-0.3, -0.25) is 4.79 Å². The molecule has 2 aromatic heterocycles. The summed E-state index contributed by atoms with van der Waals surface area (Å²) in [6.07, 6.45) is 1.44. The molecular formula is C16H13NO5. The van der Waals surface area contributed by atoms with Gasteiger partial charge in [-0.25, -0.2) is 4.79 Å². The zero-order chi connectivity index (χ0) is 15.5. The van der Waals surface area contributed by atoms with Crippen molar-refractivity contribution < 1.29 is 18.7 Å². The van der Waals surface area contributed by atoms with Crippen LogP contribution in [-0.2, 0) is 0 Å². The average Bonchev–Trinajstić information content (AvgIpc) is 3.06.